The zero-order valence-corrected chi connectivity index (χ0v) is 11.8. The molecule has 2 aromatic carbocycles. The smallest absolute Gasteiger partial charge is 0.189 e. The fourth-order valence-electron chi connectivity index (χ4n) is 2.88. The van der Waals surface area contributed by atoms with Crippen molar-refractivity contribution in [2.45, 2.75) is 6.42 Å². The first-order valence-electron chi connectivity index (χ1n) is 7.13. The van der Waals surface area contributed by atoms with Crippen LogP contribution in [0.5, 0.6) is 5.75 Å². The first-order valence-corrected chi connectivity index (χ1v) is 7.13. The molecule has 1 N–H and O–H groups in total. The van der Waals surface area contributed by atoms with E-state index in [1.165, 1.54) is 0 Å². The van der Waals surface area contributed by atoms with Gasteiger partial charge >= 0.3 is 0 Å². The molecule has 0 atom stereocenters. The van der Waals surface area contributed by atoms with Crippen molar-refractivity contribution in [1.29, 1.82) is 0 Å². The van der Waals surface area contributed by atoms with E-state index in [0.717, 1.165) is 27.6 Å². The van der Waals surface area contributed by atoms with Crippen LogP contribution in [-0.4, -0.2) is 15.9 Å². The minimum absolute atomic E-state index is 0.00739. The molecule has 1 heterocycles. The number of benzene rings is 2. The van der Waals surface area contributed by atoms with Gasteiger partial charge in [0, 0.05) is 29.1 Å². The van der Waals surface area contributed by atoms with E-state index in [0.29, 0.717) is 12.0 Å². The SMILES string of the molecule is O=C1/C(=C/c2ccc3cccnc3c2)Cc2ccc(O)cc21. The molecule has 0 amide bonds. The maximum absolute atomic E-state index is 12.4. The largest absolute Gasteiger partial charge is 0.508 e. The van der Waals surface area contributed by atoms with Crippen molar-refractivity contribution in [2.24, 2.45) is 0 Å². The number of Topliss-reactive ketones (excluding diaryl/α,β-unsaturated/α-hetero) is 1. The first-order chi connectivity index (χ1) is 10.7. The molecule has 3 nitrogen and oxygen atoms in total. The maximum Gasteiger partial charge on any atom is 0.189 e. The van der Waals surface area contributed by atoms with E-state index in [-0.39, 0.29) is 11.5 Å². The highest BCUT2D eigenvalue weighted by Crippen LogP contribution is 2.30. The lowest BCUT2D eigenvalue weighted by molar-refractivity contribution is 0.104. The summed E-state index contributed by atoms with van der Waals surface area (Å²) in [6.07, 6.45) is 4.28. The molecule has 3 aromatic rings. The monoisotopic (exact) mass is 287 g/mol. The van der Waals surface area contributed by atoms with Crippen LogP contribution in [0.15, 0.2) is 60.3 Å². The van der Waals surface area contributed by atoms with Crippen LogP contribution in [0.1, 0.15) is 21.5 Å². The van der Waals surface area contributed by atoms with E-state index in [9.17, 15) is 9.90 Å². The quantitative estimate of drug-likeness (QED) is 0.693. The third kappa shape index (κ3) is 2.07. The van der Waals surface area contributed by atoms with Gasteiger partial charge in [0.05, 0.1) is 5.52 Å². The van der Waals surface area contributed by atoms with Gasteiger partial charge in [0.15, 0.2) is 5.78 Å². The number of aromatic hydroxyl groups is 1. The Balaban J connectivity index is 1.75. The van der Waals surface area contributed by atoms with Crippen LogP contribution in [0, 0.1) is 0 Å². The summed E-state index contributed by atoms with van der Waals surface area (Å²) < 4.78 is 0. The summed E-state index contributed by atoms with van der Waals surface area (Å²) in [7, 11) is 0. The minimum atomic E-state index is -0.00739. The third-order valence-corrected chi connectivity index (χ3v) is 3.98. The molecule has 0 bridgehead atoms. The number of carbonyl (C=O) groups is 1. The molecule has 0 fully saturated rings. The van der Waals surface area contributed by atoms with E-state index < -0.39 is 0 Å². The number of phenolic OH excluding ortho intramolecular Hbond substituents is 1. The van der Waals surface area contributed by atoms with Gasteiger partial charge in [-0.1, -0.05) is 24.3 Å². The number of pyridine rings is 1. The van der Waals surface area contributed by atoms with Gasteiger partial charge in [-0.2, -0.15) is 0 Å². The van der Waals surface area contributed by atoms with Crippen LogP contribution < -0.4 is 0 Å². The third-order valence-electron chi connectivity index (χ3n) is 3.98. The summed E-state index contributed by atoms with van der Waals surface area (Å²) in [6.45, 7) is 0. The Hall–Kier alpha value is -2.94. The normalized spacial score (nSPS) is 15.5. The number of rotatable bonds is 1. The van der Waals surface area contributed by atoms with Crippen molar-refractivity contribution in [3.05, 3.63) is 77.0 Å². The molecule has 4 rings (SSSR count). The Bertz CT molecular complexity index is 941. The molecule has 0 saturated heterocycles. The average Bonchev–Trinajstić information content (AvgIpc) is 2.83. The van der Waals surface area contributed by atoms with Gasteiger partial charge in [-0.15, -0.1) is 0 Å². The van der Waals surface area contributed by atoms with E-state index in [1.807, 2.05) is 42.5 Å². The van der Waals surface area contributed by atoms with E-state index >= 15 is 0 Å². The number of ketones is 1. The Labute approximate surface area is 127 Å². The fourth-order valence-corrected chi connectivity index (χ4v) is 2.88. The molecular formula is C19H13NO2. The van der Waals surface area contributed by atoms with Gasteiger partial charge in [-0.05, 0) is 41.5 Å². The molecule has 1 aliphatic rings. The van der Waals surface area contributed by atoms with E-state index in [1.54, 1.807) is 18.3 Å². The maximum atomic E-state index is 12.4. The molecule has 0 unspecified atom stereocenters. The van der Waals surface area contributed by atoms with Crippen molar-refractivity contribution in [3.8, 4) is 5.75 Å². The lowest BCUT2D eigenvalue weighted by Crippen LogP contribution is -1.95. The van der Waals surface area contributed by atoms with Gasteiger partial charge in [0.2, 0.25) is 0 Å². The van der Waals surface area contributed by atoms with Crippen LogP contribution in [0.25, 0.3) is 17.0 Å². The highest BCUT2D eigenvalue weighted by Gasteiger charge is 2.24. The Morgan fingerprint density at radius 2 is 2.00 bits per heavy atom. The molecule has 1 aromatic heterocycles. The van der Waals surface area contributed by atoms with Gasteiger partial charge in [0.25, 0.3) is 0 Å². The highest BCUT2D eigenvalue weighted by molar-refractivity contribution is 6.15. The second-order valence-corrected chi connectivity index (χ2v) is 5.47. The molecular weight excluding hydrogens is 274 g/mol. The molecule has 0 spiro atoms. The second-order valence-electron chi connectivity index (χ2n) is 5.47. The number of phenols is 1. The number of hydrogen-bond donors (Lipinski definition) is 1. The Morgan fingerprint density at radius 3 is 2.91 bits per heavy atom. The second kappa shape index (κ2) is 4.81. The molecule has 22 heavy (non-hydrogen) atoms. The van der Waals surface area contributed by atoms with Gasteiger partial charge in [0.1, 0.15) is 5.75 Å². The standard InChI is InChI=1S/C19H13NO2/c21-16-6-5-14-10-15(19(22)17(14)11-16)8-12-3-4-13-2-1-7-20-18(13)9-12/h1-9,11,21H,10H2/b15-8+. The summed E-state index contributed by atoms with van der Waals surface area (Å²) in [5.74, 6) is 0.121. The highest BCUT2D eigenvalue weighted by atomic mass is 16.3. The average molecular weight is 287 g/mol. The van der Waals surface area contributed by atoms with Crippen molar-refractivity contribution in [2.75, 3.05) is 0 Å². The van der Waals surface area contributed by atoms with Crippen molar-refractivity contribution < 1.29 is 9.90 Å². The zero-order chi connectivity index (χ0) is 15.1. The number of fused-ring (bicyclic) bond motifs is 2. The predicted molar refractivity (Wildman–Crippen MR) is 85.9 cm³/mol. The predicted octanol–water partition coefficient (Wildman–Crippen LogP) is 3.76. The summed E-state index contributed by atoms with van der Waals surface area (Å²) >= 11 is 0. The molecule has 3 heteroatoms. The summed E-state index contributed by atoms with van der Waals surface area (Å²) in [4.78, 5) is 16.8. The molecule has 106 valence electrons. The van der Waals surface area contributed by atoms with Crippen LogP contribution >= 0.6 is 0 Å². The van der Waals surface area contributed by atoms with Crippen molar-refractivity contribution in [3.63, 3.8) is 0 Å². The Morgan fingerprint density at radius 1 is 1.09 bits per heavy atom. The zero-order valence-electron chi connectivity index (χ0n) is 11.8. The number of carbonyl (C=O) groups excluding carboxylic acids is 1. The van der Waals surface area contributed by atoms with Crippen LogP contribution in [-0.2, 0) is 6.42 Å². The first kappa shape index (κ1) is 12.8. The van der Waals surface area contributed by atoms with Gasteiger partial charge < -0.3 is 5.11 Å². The van der Waals surface area contributed by atoms with E-state index in [2.05, 4.69) is 4.98 Å². The van der Waals surface area contributed by atoms with Crippen LogP contribution in [0.4, 0.5) is 0 Å². The number of aromatic nitrogens is 1. The van der Waals surface area contributed by atoms with E-state index in [4.69, 9.17) is 0 Å². The Kier molecular flexibility index (Phi) is 2.79. The lowest BCUT2D eigenvalue weighted by Gasteiger charge is -2.00. The minimum Gasteiger partial charge on any atom is -0.508 e. The van der Waals surface area contributed by atoms with Crippen LogP contribution in [0.2, 0.25) is 0 Å². The topological polar surface area (TPSA) is 50.2 Å². The molecule has 1 aliphatic carbocycles. The molecule has 0 radical (unpaired) electrons. The summed E-state index contributed by atoms with van der Waals surface area (Å²) in [5.41, 5.74) is 4.19. The fraction of sp³-hybridized carbons (Fsp3) is 0.0526. The van der Waals surface area contributed by atoms with Crippen molar-refractivity contribution in [1.82, 2.24) is 4.98 Å². The van der Waals surface area contributed by atoms with Gasteiger partial charge in [-0.25, -0.2) is 0 Å². The lowest BCUT2D eigenvalue weighted by atomic mass is 10.1. The number of hydrogen-bond acceptors (Lipinski definition) is 3. The van der Waals surface area contributed by atoms with Crippen LogP contribution in [0.3, 0.4) is 0 Å². The molecule has 0 aliphatic heterocycles. The summed E-state index contributed by atoms with van der Waals surface area (Å²) in [5, 5.41) is 10.6. The van der Waals surface area contributed by atoms with Gasteiger partial charge in [-0.3, -0.25) is 9.78 Å². The summed E-state index contributed by atoms with van der Waals surface area (Å²) in [6, 6.07) is 14.9. The van der Waals surface area contributed by atoms with Crippen molar-refractivity contribution >= 4 is 22.8 Å². The molecule has 0 saturated carbocycles. The number of allylic oxidation sites excluding steroid dienone is 1. The number of nitrogens with zero attached hydrogens (tertiary/aromatic N) is 1.